The van der Waals surface area contributed by atoms with Crippen LogP contribution in [-0.4, -0.2) is 24.0 Å². The van der Waals surface area contributed by atoms with E-state index in [1.807, 2.05) is 0 Å². The molecule has 1 rings (SSSR count). The van der Waals surface area contributed by atoms with E-state index in [2.05, 4.69) is 5.32 Å². The van der Waals surface area contributed by atoms with Gasteiger partial charge in [0, 0.05) is 11.3 Å². The Labute approximate surface area is 117 Å². The summed E-state index contributed by atoms with van der Waals surface area (Å²) in [6.45, 7) is 5.19. The van der Waals surface area contributed by atoms with Crippen LogP contribution in [0.3, 0.4) is 0 Å². The molecule has 1 aromatic carbocycles. The number of anilines is 1. The standard InChI is InChI=1S/C13H17ClN2O3/c1-13(2,3)19-12(18)16-8-4-5-9(10(14)6-8)11(17)7-15/h4-6H,7,15H2,1-3H3,(H,16,18). The second-order valence-electron chi connectivity index (χ2n) is 4.95. The van der Waals surface area contributed by atoms with Crippen LogP contribution >= 0.6 is 11.6 Å². The van der Waals surface area contributed by atoms with Crippen molar-refractivity contribution in [3.8, 4) is 0 Å². The first-order valence-corrected chi connectivity index (χ1v) is 6.13. The van der Waals surface area contributed by atoms with Gasteiger partial charge in [0.25, 0.3) is 0 Å². The minimum atomic E-state index is -0.582. The number of halogens is 1. The molecular weight excluding hydrogens is 268 g/mol. The van der Waals surface area contributed by atoms with Gasteiger partial charge in [0.05, 0.1) is 11.6 Å². The largest absolute Gasteiger partial charge is 0.444 e. The van der Waals surface area contributed by atoms with E-state index in [1.165, 1.54) is 12.1 Å². The summed E-state index contributed by atoms with van der Waals surface area (Å²) in [5, 5.41) is 2.78. The average molecular weight is 285 g/mol. The fourth-order valence-electron chi connectivity index (χ4n) is 1.35. The van der Waals surface area contributed by atoms with Crippen LogP contribution in [0, 0.1) is 0 Å². The third-order valence-electron chi connectivity index (χ3n) is 2.10. The molecule has 0 fully saturated rings. The Morgan fingerprint density at radius 3 is 2.47 bits per heavy atom. The predicted molar refractivity (Wildman–Crippen MR) is 74.7 cm³/mol. The summed E-state index contributed by atoms with van der Waals surface area (Å²) in [7, 11) is 0. The Morgan fingerprint density at radius 2 is 2.00 bits per heavy atom. The number of nitrogens with two attached hydrogens (primary N) is 1. The highest BCUT2D eigenvalue weighted by atomic mass is 35.5. The van der Waals surface area contributed by atoms with Gasteiger partial charge in [-0.3, -0.25) is 10.1 Å². The van der Waals surface area contributed by atoms with Gasteiger partial charge >= 0.3 is 6.09 Å². The molecule has 0 spiro atoms. The summed E-state index contributed by atoms with van der Waals surface area (Å²) in [6, 6.07) is 4.57. The maximum Gasteiger partial charge on any atom is 0.412 e. The highest BCUT2D eigenvalue weighted by Gasteiger charge is 2.17. The fourth-order valence-corrected chi connectivity index (χ4v) is 1.64. The normalized spacial score (nSPS) is 11.0. The summed E-state index contributed by atoms with van der Waals surface area (Å²) in [4.78, 5) is 23.0. The second kappa shape index (κ2) is 6.04. The number of carbonyl (C=O) groups is 2. The highest BCUT2D eigenvalue weighted by molar-refractivity contribution is 6.34. The zero-order chi connectivity index (χ0) is 14.6. The Bertz CT molecular complexity index is 495. The molecule has 0 aliphatic heterocycles. The average Bonchev–Trinajstić information content (AvgIpc) is 2.25. The number of Topliss-reactive ketones (excluding diaryl/α,β-unsaturated/α-hetero) is 1. The molecule has 6 heteroatoms. The third-order valence-corrected chi connectivity index (χ3v) is 2.41. The van der Waals surface area contributed by atoms with E-state index in [0.29, 0.717) is 11.3 Å². The van der Waals surface area contributed by atoms with Gasteiger partial charge in [0.1, 0.15) is 5.60 Å². The minimum Gasteiger partial charge on any atom is -0.444 e. The Hall–Kier alpha value is -1.59. The van der Waals surface area contributed by atoms with Gasteiger partial charge < -0.3 is 10.5 Å². The second-order valence-corrected chi connectivity index (χ2v) is 5.36. The molecule has 0 saturated heterocycles. The first kappa shape index (κ1) is 15.5. The topological polar surface area (TPSA) is 81.4 Å². The number of nitrogens with one attached hydrogen (secondary N) is 1. The van der Waals surface area contributed by atoms with Crippen LogP contribution in [0.5, 0.6) is 0 Å². The van der Waals surface area contributed by atoms with Crippen LogP contribution in [-0.2, 0) is 4.74 Å². The molecule has 1 amide bonds. The van der Waals surface area contributed by atoms with Crippen molar-refractivity contribution < 1.29 is 14.3 Å². The van der Waals surface area contributed by atoms with Gasteiger partial charge in [-0.2, -0.15) is 0 Å². The lowest BCUT2D eigenvalue weighted by molar-refractivity contribution is 0.0636. The van der Waals surface area contributed by atoms with Gasteiger partial charge in [0.15, 0.2) is 5.78 Å². The van der Waals surface area contributed by atoms with E-state index in [0.717, 1.165) is 0 Å². The van der Waals surface area contributed by atoms with E-state index < -0.39 is 11.7 Å². The van der Waals surface area contributed by atoms with E-state index in [9.17, 15) is 9.59 Å². The number of ether oxygens (including phenoxy) is 1. The molecule has 5 nitrogen and oxygen atoms in total. The number of benzene rings is 1. The predicted octanol–water partition coefficient (Wildman–Crippen LogP) is 2.83. The lowest BCUT2D eigenvalue weighted by atomic mass is 10.1. The molecular formula is C13H17ClN2O3. The molecule has 19 heavy (non-hydrogen) atoms. The van der Waals surface area contributed by atoms with Crippen molar-refractivity contribution in [2.45, 2.75) is 26.4 Å². The van der Waals surface area contributed by atoms with Crippen molar-refractivity contribution in [2.75, 3.05) is 11.9 Å². The van der Waals surface area contributed by atoms with Gasteiger partial charge in [-0.1, -0.05) is 11.6 Å². The number of hydrogen-bond acceptors (Lipinski definition) is 4. The molecule has 0 radical (unpaired) electrons. The summed E-state index contributed by atoms with van der Waals surface area (Å²) in [5.41, 5.74) is 5.47. The van der Waals surface area contributed by atoms with Crippen LogP contribution in [0.15, 0.2) is 18.2 Å². The van der Waals surface area contributed by atoms with Crippen LogP contribution < -0.4 is 11.1 Å². The van der Waals surface area contributed by atoms with Gasteiger partial charge in [0.2, 0.25) is 0 Å². The fraction of sp³-hybridized carbons (Fsp3) is 0.385. The van der Waals surface area contributed by atoms with Crippen LogP contribution in [0.25, 0.3) is 0 Å². The highest BCUT2D eigenvalue weighted by Crippen LogP contribution is 2.22. The maximum absolute atomic E-state index is 11.6. The van der Waals surface area contributed by atoms with Gasteiger partial charge in [-0.05, 0) is 39.0 Å². The molecule has 0 saturated carbocycles. The monoisotopic (exact) mass is 284 g/mol. The summed E-state index contributed by atoms with van der Waals surface area (Å²) in [5.74, 6) is -0.256. The maximum atomic E-state index is 11.6. The molecule has 0 aliphatic rings. The van der Waals surface area contributed by atoms with Crippen LogP contribution in [0.1, 0.15) is 31.1 Å². The minimum absolute atomic E-state index is 0.113. The van der Waals surface area contributed by atoms with E-state index in [4.69, 9.17) is 22.1 Å². The van der Waals surface area contributed by atoms with Crippen molar-refractivity contribution in [1.29, 1.82) is 0 Å². The zero-order valence-electron chi connectivity index (χ0n) is 11.1. The van der Waals surface area contributed by atoms with Crippen molar-refractivity contribution in [2.24, 2.45) is 5.73 Å². The van der Waals surface area contributed by atoms with Crippen LogP contribution in [0.4, 0.5) is 10.5 Å². The number of hydrogen-bond donors (Lipinski definition) is 2. The van der Waals surface area contributed by atoms with Crippen molar-refractivity contribution in [1.82, 2.24) is 0 Å². The Morgan fingerprint density at radius 1 is 1.37 bits per heavy atom. The van der Waals surface area contributed by atoms with Crippen molar-refractivity contribution in [3.05, 3.63) is 28.8 Å². The molecule has 0 heterocycles. The first-order valence-electron chi connectivity index (χ1n) is 5.76. The van der Waals surface area contributed by atoms with E-state index >= 15 is 0 Å². The number of amides is 1. The quantitative estimate of drug-likeness (QED) is 0.836. The smallest absolute Gasteiger partial charge is 0.412 e. The number of ketones is 1. The summed E-state index contributed by atoms with van der Waals surface area (Å²) in [6.07, 6.45) is -0.582. The molecule has 0 atom stereocenters. The lowest BCUT2D eigenvalue weighted by Gasteiger charge is -2.19. The summed E-state index contributed by atoms with van der Waals surface area (Å²) >= 11 is 5.95. The molecule has 0 unspecified atom stereocenters. The zero-order valence-corrected chi connectivity index (χ0v) is 11.9. The third kappa shape index (κ3) is 4.89. The first-order chi connectivity index (χ1) is 8.73. The molecule has 0 bridgehead atoms. The summed E-state index contributed by atoms with van der Waals surface area (Å²) < 4.78 is 5.10. The van der Waals surface area contributed by atoms with Crippen LogP contribution in [0.2, 0.25) is 5.02 Å². The SMILES string of the molecule is CC(C)(C)OC(=O)Nc1ccc(C(=O)CN)c(Cl)c1. The Kier molecular flexibility index (Phi) is 4.91. The van der Waals surface area contributed by atoms with Crippen molar-refractivity contribution >= 4 is 29.2 Å². The molecule has 104 valence electrons. The molecule has 0 aromatic heterocycles. The number of carbonyl (C=O) groups excluding carboxylic acids is 2. The van der Waals surface area contributed by atoms with E-state index in [1.54, 1.807) is 26.8 Å². The van der Waals surface area contributed by atoms with Gasteiger partial charge in [-0.25, -0.2) is 4.79 Å². The van der Waals surface area contributed by atoms with Gasteiger partial charge in [-0.15, -0.1) is 0 Å². The van der Waals surface area contributed by atoms with E-state index in [-0.39, 0.29) is 17.4 Å². The lowest BCUT2D eigenvalue weighted by Crippen LogP contribution is -2.27. The molecule has 0 aliphatic carbocycles. The number of rotatable bonds is 3. The van der Waals surface area contributed by atoms with Crippen molar-refractivity contribution in [3.63, 3.8) is 0 Å². The Balaban J connectivity index is 2.79. The molecule has 1 aromatic rings. The molecule has 3 N–H and O–H groups in total.